The Morgan fingerprint density at radius 3 is 0.971 bits per heavy atom. The van der Waals surface area contributed by atoms with Gasteiger partial charge in [-0.05, 0) is 76.3 Å². The number of benzene rings is 3. The van der Waals surface area contributed by atoms with E-state index in [-0.39, 0.29) is 23.7 Å². The lowest BCUT2D eigenvalue weighted by Crippen LogP contribution is -2.13. The molecule has 182 valence electrons. The first kappa shape index (κ1) is 25.7. The van der Waals surface area contributed by atoms with Gasteiger partial charge in [-0.1, -0.05) is 96.1 Å². The molecule has 0 aliphatic heterocycles. The summed E-state index contributed by atoms with van der Waals surface area (Å²) in [5, 5.41) is 33.0. The molecule has 3 N–H and O–H groups in total. The van der Waals surface area contributed by atoms with Gasteiger partial charge in [0.1, 0.15) is 17.2 Å². The summed E-state index contributed by atoms with van der Waals surface area (Å²) < 4.78 is 0. The first-order valence-corrected chi connectivity index (χ1v) is 12.5. The number of aromatic hydroxyl groups is 3. The van der Waals surface area contributed by atoms with E-state index in [0.29, 0.717) is 36.5 Å². The molecular formula is C31H40O3. The molecule has 0 spiro atoms. The van der Waals surface area contributed by atoms with Crippen LogP contribution in [0.15, 0.2) is 54.6 Å². The van der Waals surface area contributed by atoms with Crippen LogP contribution in [0.5, 0.6) is 17.2 Å². The van der Waals surface area contributed by atoms with Crippen LogP contribution in [0.2, 0.25) is 0 Å². The molecule has 0 saturated carbocycles. The Morgan fingerprint density at radius 1 is 0.471 bits per heavy atom. The van der Waals surface area contributed by atoms with E-state index in [1.165, 1.54) is 0 Å². The van der Waals surface area contributed by atoms with Crippen molar-refractivity contribution in [1.29, 1.82) is 0 Å². The van der Waals surface area contributed by atoms with Gasteiger partial charge >= 0.3 is 0 Å². The molecule has 0 atom stereocenters. The third-order valence-corrected chi connectivity index (χ3v) is 6.84. The molecule has 3 rings (SSSR count). The van der Waals surface area contributed by atoms with E-state index < -0.39 is 0 Å². The van der Waals surface area contributed by atoms with E-state index in [0.717, 1.165) is 33.4 Å². The maximum Gasteiger partial charge on any atom is 0.122 e. The smallest absolute Gasteiger partial charge is 0.122 e. The lowest BCUT2D eigenvalue weighted by molar-refractivity contribution is 0.422. The molecular weight excluding hydrogens is 420 g/mol. The Balaban J connectivity index is 2.00. The SMILES string of the molecule is CC(C)c1cccc(CC(Cc2cccc(C(C)C)c2O)Cc2cccc(C(C)C)c2O)c1O. The zero-order valence-corrected chi connectivity index (χ0v) is 21.5. The molecule has 34 heavy (non-hydrogen) atoms. The molecule has 3 nitrogen and oxygen atoms in total. The molecule has 3 aromatic rings. The Bertz CT molecular complexity index is 970. The van der Waals surface area contributed by atoms with Crippen molar-refractivity contribution in [2.45, 2.75) is 78.6 Å². The summed E-state index contributed by atoms with van der Waals surface area (Å²) in [4.78, 5) is 0. The molecule has 0 heterocycles. The van der Waals surface area contributed by atoms with Crippen molar-refractivity contribution in [1.82, 2.24) is 0 Å². The summed E-state index contributed by atoms with van der Waals surface area (Å²) in [5.74, 6) is 1.88. The first-order valence-electron chi connectivity index (χ1n) is 12.5. The number of phenols is 3. The lowest BCUT2D eigenvalue weighted by Gasteiger charge is -2.22. The number of para-hydroxylation sites is 3. The minimum absolute atomic E-state index is 0.0925. The van der Waals surface area contributed by atoms with Crippen molar-refractivity contribution in [2.24, 2.45) is 5.92 Å². The Kier molecular flexibility index (Phi) is 8.30. The van der Waals surface area contributed by atoms with Crippen molar-refractivity contribution in [3.63, 3.8) is 0 Å². The molecule has 0 aromatic heterocycles. The highest BCUT2D eigenvalue weighted by molar-refractivity contribution is 5.46. The predicted molar refractivity (Wildman–Crippen MR) is 141 cm³/mol. The average Bonchev–Trinajstić information content (AvgIpc) is 2.77. The van der Waals surface area contributed by atoms with Crippen molar-refractivity contribution < 1.29 is 15.3 Å². The van der Waals surface area contributed by atoms with Crippen molar-refractivity contribution in [3.8, 4) is 17.2 Å². The summed E-state index contributed by atoms with van der Waals surface area (Å²) in [5.41, 5.74) is 5.59. The number of phenolic OH excluding ortho intramolecular Hbond substituents is 3. The van der Waals surface area contributed by atoms with Gasteiger partial charge in [-0.3, -0.25) is 0 Å². The second-order valence-electron chi connectivity index (χ2n) is 10.5. The topological polar surface area (TPSA) is 60.7 Å². The summed E-state index contributed by atoms with van der Waals surface area (Å²) in [6, 6.07) is 17.9. The van der Waals surface area contributed by atoms with Crippen LogP contribution >= 0.6 is 0 Å². The summed E-state index contributed by atoms with van der Waals surface area (Å²) >= 11 is 0. The van der Waals surface area contributed by atoms with Crippen LogP contribution in [0.1, 0.15) is 92.7 Å². The molecule has 0 bridgehead atoms. The second kappa shape index (κ2) is 11.0. The van der Waals surface area contributed by atoms with E-state index in [9.17, 15) is 15.3 Å². The number of hydrogen-bond acceptors (Lipinski definition) is 3. The minimum atomic E-state index is 0.0925. The van der Waals surface area contributed by atoms with E-state index in [4.69, 9.17) is 0 Å². The van der Waals surface area contributed by atoms with Gasteiger partial charge in [0.05, 0.1) is 0 Å². The maximum absolute atomic E-state index is 11.0. The molecule has 0 saturated heterocycles. The summed E-state index contributed by atoms with van der Waals surface area (Å²) in [6.45, 7) is 12.5. The van der Waals surface area contributed by atoms with Gasteiger partial charge in [-0.15, -0.1) is 0 Å². The van der Waals surface area contributed by atoms with Crippen LogP contribution in [-0.2, 0) is 19.3 Å². The van der Waals surface area contributed by atoms with Crippen molar-refractivity contribution >= 4 is 0 Å². The highest BCUT2D eigenvalue weighted by Crippen LogP contribution is 2.36. The molecule has 0 fully saturated rings. The van der Waals surface area contributed by atoms with Crippen LogP contribution < -0.4 is 0 Å². The Labute approximate surface area is 205 Å². The number of rotatable bonds is 9. The monoisotopic (exact) mass is 460 g/mol. The molecule has 3 heteroatoms. The van der Waals surface area contributed by atoms with Gasteiger partial charge in [-0.2, -0.15) is 0 Å². The summed E-state index contributed by atoms with van der Waals surface area (Å²) in [6.07, 6.45) is 1.97. The van der Waals surface area contributed by atoms with Crippen LogP contribution in [0.25, 0.3) is 0 Å². The van der Waals surface area contributed by atoms with Crippen molar-refractivity contribution in [2.75, 3.05) is 0 Å². The van der Waals surface area contributed by atoms with E-state index in [1.807, 2.05) is 54.6 Å². The van der Waals surface area contributed by atoms with E-state index >= 15 is 0 Å². The maximum atomic E-state index is 11.0. The molecule has 0 aliphatic rings. The fraction of sp³-hybridized carbons (Fsp3) is 0.419. The van der Waals surface area contributed by atoms with Crippen LogP contribution in [0.3, 0.4) is 0 Å². The first-order chi connectivity index (χ1) is 16.1. The fourth-order valence-corrected chi connectivity index (χ4v) is 4.87. The van der Waals surface area contributed by atoms with Gasteiger partial charge in [0.15, 0.2) is 0 Å². The zero-order chi connectivity index (χ0) is 25.0. The van der Waals surface area contributed by atoms with Gasteiger partial charge in [0, 0.05) is 0 Å². The highest BCUT2D eigenvalue weighted by atomic mass is 16.3. The van der Waals surface area contributed by atoms with Crippen LogP contribution in [0, 0.1) is 5.92 Å². The van der Waals surface area contributed by atoms with Gasteiger partial charge < -0.3 is 15.3 Å². The van der Waals surface area contributed by atoms with Crippen LogP contribution in [-0.4, -0.2) is 15.3 Å². The number of hydrogen-bond donors (Lipinski definition) is 3. The lowest BCUT2D eigenvalue weighted by atomic mass is 9.84. The Hall–Kier alpha value is -2.94. The third-order valence-electron chi connectivity index (χ3n) is 6.84. The van der Waals surface area contributed by atoms with Crippen LogP contribution in [0.4, 0.5) is 0 Å². The molecule has 0 radical (unpaired) electrons. The highest BCUT2D eigenvalue weighted by Gasteiger charge is 2.21. The summed E-state index contributed by atoms with van der Waals surface area (Å²) in [7, 11) is 0. The van der Waals surface area contributed by atoms with E-state index in [1.54, 1.807) is 0 Å². The zero-order valence-electron chi connectivity index (χ0n) is 21.5. The largest absolute Gasteiger partial charge is 0.507 e. The fourth-order valence-electron chi connectivity index (χ4n) is 4.87. The Morgan fingerprint density at radius 2 is 0.735 bits per heavy atom. The molecule has 3 aromatic carbocycles. The minimum Gasteiger partial charge on any atom is -0.507 e. The van der Waals surface area contributed by atoms with Crippen molar-refractivity contribution in [3.05, 3.63) is 88.0 Å². The quantitative estimate of drug-likeness (QED) is 0.305. The normalized spacial score (nSPS) is 11.8. The van der Waals surface area contributed by atoms with E-state index in [2.05, 4.69) is 41.5 Å². The second-order valence-corrected chi connectivity index (χ2v) is 10.5. The average molecular weight is 461 g/mol. The molecule has 0 amide bonds. The molecule has 0 unspecified atom stereocenters. The van der Waals surface area contributed by atoms with Gasteiger partial charge in [0.2, 0.25) is 0 Å². The standard InChI is InChI=1S/C31H40O3/c1-19(2)26-13-7-10-23(29(26)32)16-22(17-24-11-8-14-27(20(3)4)30(24)33)18-25-12-9-15-28(21(5)6)31(25)34/h7-15,19-22,32-34H,16-18H2,1-6H3. The predicted octanol–water partition coefficient (Wildman–Crippen LogP) is 7.82. The third kappa shape index (κ3) is 5.75. The van der Waals surface area contributed by atoms with Gasteiger partial charge in [0.25, 0.3) is 0 Å². The molecule has 0 aliphatic carbocycles. The van der Waals surface area contributed by atoms with Gasteiger partial charge in [-0.25, -0.2) is 0 Å².